The van der Waals surface area contributed by atoms with Gasteiger partial charge >= 0.3 is 0 Å². The monoisotopic (exact) mass is 432 g/mol. The molecule has 0 spiro atoms. The minimum absolute atomic E-state index is 0.452. The van der Waals surface area contributed by atoms with Gasteiger partial charge in [0.25, 0.3) is 5.22 Å². The molecule has 0 saturated carbocycles. The lowest BCUT2D eigenvalue weighted by atomic mass is 10.1. The first-order chi connectivity index (χ1) is 14.7. The lowest BCUT2D eigenvalue weighted by molar-refractivity contribution is 0.415. The van der Waals surface area contributed by atoms with Crippen molar-refractivity contribution in [3.8, 4) is 27.6 Å². The third kappa shape index (κ3) is 3.55. The number of nitrogens with zero attached hydrogens (tertiary/aromatic N) is 4. The van der Waals surface area contributed by atoms with Crippen LogP contribution in [0.3, 0.4) is 0 Å². The molecule has 0 aliphatic carbocycles. The summed E-state index contributed by atoms with van der Waals surface area (Å²) < 4.78 is 12.1. The second-order valence-electron chi connectivity index (χ2n) is 6.52. The molecule has 0 N–H and O–H groups in total. The van der Waals surface area contributed by atoms with E-state index in [9.17, 15) is 0 Å². The molecule has 0 unspecified atom stereocenters. The van der Waals surface area contributed by atoms with E-state index in [2.05, 4.69) is 26.2 Å². The normalized spacial score (nSPS) is 11.1. The zero-order valence-electron chi connectivity index (χ0n) is 16.2. The molecule has 0 aliphatic heterocycles. The first-order valence-corrected chi connectivity index (χ1v) is 10.8. The molecule has 0 bridgehead atoms. The second kappa shape index (κ2) is 7.89. The minimum atomic E-state index is 0.452. The number of methoxy groups -OCH3 is 1. The van der Waals surface area contributed by atoms with Gasteiger partial charge in [-0.2, -0.15) is 0 Å². The van der Waals surface area contributed by atoms with E-state index in [4.69, 9.17) is 9.15 Å². The van der Waals surface area contributed by atoms with E-state index >= 15 is 0 Å². The van der Waals surface area contributed by atoms with E-state index in [-0.39, 0.29) is 0 Å². The highest BCUT2D eigenvalue weighted by Crippen LogP contribution is 2.39. The van der Waals surface area contributed by atoms with Crippen molar-refractivity contribution in [3.05, 3.63) is 66.5 Å². The van der Waals surface area contributed by atoms with Crippen molar-refractivity contribution in [1.82, 2.24) is 20.2 Å². The van der Waals surface area contributed by atoms with Crippen LogP contribution in [0.5, 0.6) is 5.75 Å². The molecule has 0 atom stereocenters. The van der Waals surface area contributed by atoms with Gasteiger partial charge in [0.2, 0.25) is 5.89 Å². The van der Waals surface area contributed by atoms with Gasteiger partial charge in [-0.3, -0.25) is 0 Å². The van der Waals surface area contributed by atoms with Crippen molar-refractivity contribution in [3.63, 3.8) is 0 Å². The molecule has 6 nitrogen and oxygen atoms in total. The van der Waals surface area contributed by atoms with Gasteiger partial charge in [-0.15, -0.1) is 21.5 Å². The van der Waals surface area contributed by atoms with Crippen LogP contribution in [-0.4, -0.2) is 27.3 Å². The molecule has 148 valence electrons. The van der Waals surface area contributed by atoms with E-state index in [0.29, 0.717) is 11.1 Å². The maximum atomic E-state index is 5.89. The summed E-state index contributed by atoms with van der Waals surface area (Å²) in [5.74, 6) is 1.34. The average Bonchev–Trinajstić information content (AvgIpc) is 3.42. The highest BCUT2D eigenvalue weighted by molar-refractivity contribution is 7.99. The van der Waals surface area contributed by atoms with Crippen molar-refractivity contribution in [2.75, 3.05) is 7.11 Å². The highest BCUT2D eigenvalue weighted by atomic mass is 32.2. The van der Waals surface area contributed by atoms with Gasteiger partial charge in [0, 0.05) is 10.4 Å². The van der Waals surface area contributed by atoms with Crippen molar-refractivity contribution in [1.29, 1.82) is 0 Å². The van der Waals surface area contributed by atoms with E-state index < -0.39 is 0 Å². The second-order valence-corrected chi connectivity index (χ2v) is 8.51. The quantitative estimate of drug-likeness (QED) is 0.321. The summed E-state index contributed by atoms with van der Waals surface area (Å²) in [5, 5.41) is 9.65. The third-order valence-corrected chi connectivity index (χ3v) is 6.77. The minimum Gasteiger partial charge on any atom is -0.497 e. The summed E-state index contributed by atoms with van der Waals surface area (Å²) in [6.45, 7) is 2.02. The summed E-state index contributed by atoms with van der Waals surface area (Å²) >= 11 is 2.99. The van der Waals surface area contributed by atoms with Crippen LogP contribution in [0.2, 0.25) is 0 Å². The molecule has 3 aromatic heterocycles. The number of benzene rings is 2. The lowest BCUT2D eigenvalue weighted by Gasteiger charge is -2.00. The van der Waals surface area contributed by atoms with Gasteiger partial charge < -0.3 is 9.15 Å². The van der Waals surface area contributed by atoms with E-state index in [1.807, 2.05) is 55.5 Å². The Hall–Kier alpha value is -3.23. The molecule has 3 heterocycles. The van der Waals surface area contributed by atoms with Crippen molar-refractivity contribution >= 4 is 33.3 Å². The molecular weight excluding hydrogens is 416 g/mol. The fourth-order valence-electron chi connectivity index (χ4n) is 3.06. The van der Waals surface area contributed by atoms with Crippen LogP contribution in [0.4, 0.5) is 0 Å². The van der Waals surface area contributed by atoms with Gasteiger partial charge in [0.1, 0.15) is 17.1 Å². The smallest absolute Gasteiger partial charge is 0.283 e. The molecular formula is C22H16N4O2S2. The van der Waals surface area contributed by atoms with Crippen LogP contribution < -0.4 is 4.74 Å². The molecule has 0 aliphatic rings. The molecule has 0 saturated heterocycles. The Morgan fingerprint density at radius 1 is 1.00 bits per heavy atom. The maximum absolute atomic E-state index is 5.89. The summed E-state index contributed by atoms with van der Waals surface area (Å²) in [4.78, 5) is 9.99. The van der Waals surface area contributed by atoms with Crippen LogP contribution in [0, 0.1) is 6.92 Å². The van der Waals surface area contributed by atoms with Crippen LogP contribution >= 0.6 is 23.1 Å². The van der Waals surface area contributed by atoms with Gasteiger partial charge in [0.05, 0.1) is 17.3 Å². The molecule has 0 radical (unpaired) electrons. The maximum Gasteiger partial charge on any atom is 0.283 e. The molecule has 5 aromatic rings. The van der Waals surface area contributed by atoms with Gasteiger partial charge in [0.15, 0.2) is 0 Å². The molecule has 0 amide bonds. The standard InChI is InChI=1S/C22H16N4O2S2/c1-13-5-3-4-6-16(13)20-25-26-22(28-20)30-21-19-17(23-12-24-21)11-18(29-19)14-7-9-15(27-2)10-8-14/h3-12H,1-2H3. The predicted octanol–water partition coefficient (Wildman–Crippen LogP) is 5.88. The number of thiophene rings is 1. The number of hydrogen-bond acceptors (Lipinski definition) is 8. The van der Waals surface area contributed by atoms with Crippen LogP contribution in [0.25, 0.3) is 32.1 Å². The number of aromatic nitrogens is 4. The Morgan fingerprint density at radius 3 is 2.63 bits per heavy atom. The molecule has 8 heteroatoms. The Kier molecular flexibility index (Phi) is 4.94. The largest absolute Gasteiger partial charge is 0.497 e. The van der Waals surface area contributed by atoms with Gasteiger partial charge in [-0.25, -0.2) is 9.97 Å². The van der Waals surface area contributed by atoms with Crippen LogP contribution in [0.15, 0.2) is 75.6 Å². The SMILES string of the molecule is COc1ccc(-c2cc3ncnc(Sc4nnc(-c5ccccc5C)o4)c3s2)cc1. The Labute approximate surface area is 181 Å². The summed E-state index contributed by atoms with van der Waals surface area (Å²) in [6, 6.07) is 18.0. The number of ether oxygens (including phenoxy) is 1. The van der Waals surface area contributed by atoms with E-state index in [0.717, 1.165) is 42.6 Å². The molecule has 2 aromatic carbocycles. The number of rotatable bonds is 5. The summed E-state index contributed by atoms with van der Waals surface area (Å²) in [6.07, 6.45) is 1.56. The number of aryl methyl sites for hydroxylation is 1. The van der Waals surface area contributed by atoms with Crippen LogP contribution in [-0.2, 0) is 0 Å². The fourth-order valence-corrected chi connectivity index (χ4v) is 4.97. The zero-order chi connectivity index (χ0) is 20.5. The molecule has 5 rings (SSSR count). The van der Waals surface area contributed by atoms with Crippen molar-refractivity contribution < 1.29 is 9.15 Å². The third-order valence-electron chi connectivity index (χ3n) is 4.62. The van der Waals surface area contributed by atoms with Gasteiger partial charge in [-0.1, -0.05) is 18.2 Å². The predicted molar refractivity (Wildman–Crippen MR) is 118 cm³/mol. The Morgan fingerprint density at radius 2 is 1.83 bits per heavy atom. The fraction of sp³-hybridized carbons (Fsp3) is 0.0909. The molecule has 30 heavy (non-hydrogen) atoms. The number of hydrogen-bond donors (Lipinski definition) is 0. The van der Waals surface area contributed by atoms with Crippen LogP contribution in [0.1, 0.15) is 5.56 Å². The zero-order valence-corrected chi connectivity index (χ0v) is 17.8. The van der Waals surface area contributed by atoms with E-state index in [1.54, 1.807) is 24.8 Å². The first-order valence-electron chi connectivity index (χ1n) is 9.17. The molecule has 0 fully saturated rings. The van der Waals surface area contributed by atoms with Crippen molar-refractivity contribution in [2.24, 2.45) is 0 Å². The summed E-state index contributed by atoms with van der Waals surface area (Å²) in [5.41, 5.74) is 4.02. The van der Waals surface area contributed by atoms with Crippen molar-refractivity contribution in [2.45, 2.75) is 17.2 Å². The summed E-state index contributed by atoms with van der Waals surface area (Å²) in [7, 11) is 1.66. The van der Waals surface area contributed by atoms with E-state index in [1.165, 1.54) is 11.8 Å². The topological polar surface area (TPSA) is 73.9 Å². The average molecular weight is 433 g/mol. The Balaban J connectivity index is 1.46. The first kappa shape index (κ1) is 18.8. The van der Waals surface area contributed by atoms with Gasteiger partial charge in [-0.05, 0) is 66.2 Å². The Bertz CT molecular complexity index is 1330. The highest BCUT2D eigenvalue weighted by Gasteiger charge is 2.16. The lowest BCUT2D eigenvalue weighted by Crippen LogP contribution is -1.82. The number of fused-ring (bicyclic) bond motifs is 1.